The Morgan fingerprint density at radius 2 is 1.63 bits per heavy atom. The molecule has 19 heavy (non-hydrogen) atoms. The van der Waals surface area contributed by atoms with E-state index in [-0.39, 0.29) is 29.4 Å². The summed E-state index contributed by atoms with van der Waals surface area (Å²) in [6, 6.07) is 0. The molecule has 6 heteroatoms. The van der Waals surface area contributed by atoms with E-state index in [9.17, 15) is 4.79 Å². The monoisotopic (exact) mass is 306 g/mol. The minimum absolute atomic E-state index is 0. The molecule has 0 aliphatic rings. The third kappa shape index (κ3) is 38.5. The zero-order chi connectivity index (χ0) is 15.4. The van der Waals surface area contributed by atoms with Crippen LogP contribution in [0.3, 0.4) is 0 Å². The van der Waals surface area contributed by atoms with Crippen LogP contribution in [0.4, 0.5) is 0 Å². The second-order valence-electron chi connectivity index (χ2n) is 2.41. The Labute approximate surface area is 123 Å². The molecule has 0 bridgehead atoms. The van der Waals surface area contributed by atoms with Gasteiger partial charge >= 0.3 is 39.9 Å². The normalized spacial score (nSPS) is 9.00. The maximum absolute atomic E-state index is 10.3. The van der Waals surface area contributed by atoms with Crippen LogP contribution in [0.2, 0.25) is 0 Å². The summed E-state index contributed by atoms with van der Waals surface area (Å²) in [5, 5.41) is 8.47. The van der Waals surface area contributed by atoms with Gasteiger partial charge in [0, 0.05) is 23.0 Å². The van der Waals surface area contributed by atoms with Crippen LogP contribution in [-0.2, 0) is 35.8 Å². The van der Waals surface area contributed by atoms with Gasteiger partial charge in [0.25, 0.3) is 0 Å². The summed E-state index contributed by atoms with van der Waals surface area (Å²) in [6.07, 6.45) is 9.14. The number of carboxylic acids is 1. The van der Waals surface area contributed by atoms with Gasteiger partial charge < -0.3 is 5.11 Å². The molecule has 0 aromatic heterocycles. The van der Waals surface area contributed by atoms with E-state index in [0.717, 1.165) is 0 Å². The van der Waals surface area contributed by atoms with Gasteiger partial charge in [-0.1, -0.05) is 30.4 Å². The number of carbonyl (C=O) groups is 1. The third-order valence-electron chi connectivity index (χ3n) is 1.37. The molecule has 0 aromatic carbocycles. The Bertz CT molecular complexity index is 298. The first-order valence-electron chi connectivity index (χ1n) is 4.45. The molecule has 0 fully saturated rings. The molecule has 0 heterocycles. The summed E-state index contributed by atoms with van der Waals surface area (Å²) < 4.78 is 22.5. The molecule has 5 nitrogen and oxygen atoms in total. The van der Waals surface area contributed by atoms with Crippen LogP contribution < -0.4 is 0 Å². The van der Waals surface area contributed by atoms with Gasteiger partial charge in [0.2, 0.25) is 0 Å². The predicted octanol–water partition coefficient (Wildman–Crippen LogP) is 2.28. The van der Waals surface area contributed by atoms with Crippen molar-refractivity contribution in [1.29, 1.82) is 0 Å². The summed E-state index contributed by atoms with van der Waals surface area (Å²) in [7, 11) is 0. The Hall–Kier alpha value is -1.57. The molecular weight excluding hydrogens is 292 g/mol. The molecule has 104 valence electrons. The van der Waals surface area contributed by atoms with Gasteiger partial charge in [-0.3, -0.25) is 4.79 Å². The van der Waals surface area contributed by atoms with Crippen LogP contribution in [0.5, 0.6) is 0 Å². The molecule has 0 aromatic rings. The van der Waals surface area contributed by atoms with E-state index in [0.29, 0.717) is 0 Å². The fourth-order valence-corrected chi connectivity index (χ4v) is 0.750. The number of carboxylic acid groups (broad SMARTS) is 1. The second kappa shape index (κ2) is 36.0. The molecule has 0 spiro atoms. The van der Waals surface area contributed by atoms with Gasteiger partial charge in [0.05, 0.1) is 6.42 Å². The maximum Gasteiger partial charge on any atom is 0 e. The summed E-state index contributed by atoms with van der Waals surface area (Å²) in [5.74, 6) is -0.872. The van der Waals surface area contributed by atoms with E-state index < -0.39 is 5.97 Å². The maximum atomic E-state index is 10.3. The second-order valence-corrected chi connectivity index (χ2v) is 2.41. The van der Waals surface area contributed by atoms with Gasteiger partial charge in [-0.2, -0.15) is 0 Å². The molecule has 0 aliphatic carbocycles. The van der Waals surface area contributed by atoms with Crippen molar-refractivity contribution in [2.75, 3.05) is 0 Å². The molecule has 0 rings (SSSR count). The minimum atomic E-state index is -0.801. The van der Waals surface area contributed by atoms with Crippen LogP contribution in [0.15, 0.2) is 37.0 Å². The van der Waals surface area contributed by atoms with Crippen LogP contribution in [0.1, 0.15) is 13.3 Å². The standard InChI is InChI=1S/C10H14O2.3CO.Fe/c1-3-5-6-7-9(4-2)8-10(11)12;3*1-2;/h3-7,9H,2,8H2,1H3,(H,11,12);;;;/b5-3+,7-6+;;;;. The Morgan fingerprint density at radius 1 is 1.21 bits per heavy atom. The summed E-state index contributed by atoms with van der Waals surface area (Å²) >= 11 is 0. The molecule has 0 saturated heterocycles. The summed E-state index contributed by atoms with van der Waals surface area (Å²) in [5.41, 5.74) is 0. The van der Waals surface area contributed by atoms with Crippen LogP contribution in [0, 0.1) is 25.9 Å². The molecular formula is C13H14FeO5. The van der Waals surface area contributed by atoms with E-state index >= 15 is 0 Å². The molecule has 1 unspecified atom stereocenters. The zero-order valence-electron chi connectivity index (χ0n) is 10.3. The van der Waals surface area contributed by atoms with Crippen molar-refractivity contribution in [2.24, 2.45) is 5.92 Å². The van der Waals surface area contributed by atoms with Crippen LogP contribution in [0.25, 0.3) is 0 Å². The Kier molecular flexibility index (Phi) is 57.6. The molecule has 0 radical (unpaired) electrons. The Morgan fingerprint density at radius 3 is 1.89 bits per heavy atom. The molecule has 0 amide bonds. The first-order chi connectivity index (χ1) is 8.70. The van der Waals surface area contributed by atoms with Crippen LogP contribution >= 0.6 is 0 Å². The number of aliphatic carboxylic acids is 1. The van der Waals surface area contributed by atoms with Crippen molar-refractivity contribution in [3.8, 4) is 0 Å². The van der Waals surface area contributed by atoms with Gasteiger partial charge in [0.15, 0.2) is 0 Å². The smallest absolute Gasteiger partial charge is 0 e. The topological polar surface area (TPSA) is 97.0 Å². The molecule has 1 N–H and O–H groups in total. The number of hydrogen-bond donors (Lipinski definition) is 1. The van der Waals surface area contributed by atoms with E-state index in [1.54, 1.807) is 6.08 Å². The summed E-state index contributed by atoms with van der Waals surface area (Å²) in [4.78, 5) is 10.3. The first kappa shape index (κ1) is 30.5. The van der Waals surface area contributed by atoms with Crippen molar-refractivity contribution in [3.05, 3.63) is 56.9 Å². The van der Waals surface area contributed by atoms with Crippen LogP contribution in [-0.4, -0.2) is 11.1 Å². The average Bonchev–Trinajstić information content (AvgIpc) is 2.44. The molecule has 0 aliphatic heterocycles. The predicted molar refractivity (Wildman–Crippen MR) is 61.7 cm³/mol. The third-order valence-corrected chi connectivity index (χ3v) is 1.37. The fourth-order valence-electron chi connectivity index (χ4n) is 0.750. The van der Waals surface area contributed by atoms with Gasteiger partial charge in [0.1, 0.15) is 0 Å². The quantitative estimate of drug-likeness (QED) is 0.277. The van der Waals surface area contributed by atoms with E-state index in [4.69, 9.17) is 19.1 Å². The van der Waals surface area contributed by atoms with Gasteiger partial charge in [-0.15, -0.1) is 6.58 Å². The first-order valence-corrected chi connectivity index (χ1v) is 4.45. The summed E-state index contributed by atoms with van der Waals surface area (Å²) in [6.45, 7) is 19.0. The fraction of sp³-hybridized carbons (Fsp3) is 0.231. The SMILES string of the molecule is C=CC(/C=C/C=C/C)CC(=O)O.[C-]#[O+].[C-]#[O+].[C-]#[O+].[Fe]. The molecule has 1 atom stereocenters. The van der Waals surface area contributed by atoms with Crippen molar-refractivity contribution < 1.29 is 40.9 Å². The number of hydrogen-bond acceptors (Lipinski definition) is 1. The van der Waals surface area contributed by atoms with Crippen molar-refractivity contribution in [2.45, 2.75) is 13.3 Å². The molecule has 0 saturated carbocycles. The number of allylic oxidation sites excluding steroid dienone is 5. The zero-order valence-corrected chi connectivity index (χ0v) is 11.4. The van der Waals surface area contributed by atoms with Crippen molar-refractivity contribution >= 4 is 5.97 Å². The average molecular weight is 306 g/mol. The van der Waals surface area contributed by atoms with E-state index in [1.165, 1.54) is 0 Å². The number of rotatable bonds is 5. The Balaban J connectivity index is -0.0000000816. The van der Waals surface area contributed by atoms with E-state index in [1.807, 2.05) is 31.2 Å². The van der Waals surface area contributed by atoms with E-state index in [2.05, 4.69) is 26.5 Å². The van der Waals surface area contributed by atoms with Gasteiger partial charge in [-0.25, -0.2) is 0 Å². The van der Waals surface area contributed by atoms with Crippen molar-refractivity contribution in [3.63, 3.8) is 0 Å². The largest absolute Gasteiger partial charge is 0 e. The van der Waals surface area contributed by atoms with Gasteiger partial charge in [-0.05, 0) is 6.92 Å². The minimum Gasteiger partial charge on any atom is 0 e. The van der Waals surface area contributed by atoms with Crippen molar-refractivity contribution in [1.82, 2.24) is 0 Å².